The van der Waals surface area contributed by atoms with Crippen molar-refractivity contribution in [3.8, 4) is 11.1 Å². The average molecular weight is 464 g/mol. The molecule has 0 saturated heterocycles. The van der Waals surface area contributed by atoms with Gasteiger partial charge >= 0.3 is 0 Å². The molecule has 164 valence electrons. The van der Waals surface area contributed by atoms with Crippen LogP contribution < -0.4 is 15.3 Å². The van der Waals surface area contributed by atoms with Gasteiger partial charge in [-0.25, -0.2) is 0 Å². The van der Waals surface area contributed by atoms with Crippen LogP contribution in [0.1, 0.15) is 20.8 Å². The van der Waals surface area contributed by atoms with Gasteiger partial charge in [0.05, 0.1) is 10.4 Å². The van der Waals surface area contributed by atoms with E-state index < -0.39 is 8.07 Å². The Morgan fingerprint density at radius 3 is 2.12 bits per heavy atom. The first kappa shape index (κ1) is 20.7. The summed E-state index contributed by atoms with van der Waals surface area (Å²) >= 11 is 1.91. The maximum atomic E-state index is 2.59. The molecule has 5 aromatic rings. The molecule has 3 heteroatoms. The highest BCUT2D eigenvalue weighted by molar-refractivity contribution is 7.26. The zero-order chi connectivity index (χ0) is 23.0. The van der Waals surface area contributed by atoms with Gasteiger partial charge in [-0.2, -0.15) is 0 Å². The Labute approximate surface area is 201 Å². The minimum Gasteiger partial charge on any atom is -0.334 e. The zero-order valence-electron chi connectivity index (χ0n) is 19.9. The second-order valence-corrected chi connectivity index (χ2v) is 16.0. The second kappa shape index (κ2) is 7.06. The predicted molar refractivity (Wildman–Crippen MR) is 150 cm³/mol. The van der Waals surface area contributed by atoms with Gasteiger partial charge in [-0.1, -0.05) is 79.8 Å². The van der Waals surface area contributed by atoms with E-state index in [1.165, 1.54) is 42.7 Å². The van der Waals surface area contributed by atoms with Crippen LogP contribution in [0.4, 0.5) is 11.4 Å². The zero-order valence-corrected chi connectivity index (χ0v) is 21.8. The Kier molecular flexibility index (Phi) is 4.43. The summed E-state index contributed by atoms with van der Waals surface area (Å²) in [6, 6.07) is 31.7. The molecule has 0 atom stereocenters. The van der Waals surface area contributed by atoms with Crippen molar-refractivity contribution in [3.05, 3.63) is 84.9 Å². The van der Waals surface area contributed by atoms with Gasteiger partial charge in [-0.3, -0.25) is 0 Å². The summed E-state index contributed by atoms with van der Waals surface area (Å²) in [7, 11) is -1.72. The van der Waals surface area contributed by atoms with Gasteiger partial charge in [0.2, 0.25) is 0 Å². The van der Waals surface area contributed by atoms with Crippen LogP contribution in [0.5, 0.6) is 0 Å². The fourth-order valence-corrected chi connectivity index (χ4v) is 9.97. The summed E-state index contributed by atoms with van der Waals surface area (Å²) < 4.78 is 2.72. The summed E-state index contributed by atoms with van der Waals surface area (Å²) in [5.41, 5.74) is 5.42. The Balaban J connectivity index is 1.68. The molecule has 1 aromatic heterocycles. The van der Waals surface area contributed by atoms with Crippen LogP contribution in [0.25, 0.3) is 31.3 Å². The van der Waals surface area contributed by atoms with Gasteiger partial charge in [0.25, 0.3) is 0 Å². The second-order valence-electron chi connectivity index (χ2n) is 10.6. The van der Waals surface area contributed by atoms with E-state index in [0.29, 0.717) is 0 Å². The molecule has 2 heterocycles. The van der Waals surface area contributed by atoms with Gasteiger partial charge in [0.1, 0.15) is 8.07 Å². The maximum Gasteiger partial charge on any atom is 0.113 e. The van der Waals surface area contributed by atoms with Crippen molar-refractivity contribution in [1.29, 1.82) is 0 Å². The number of benzene rings is 4. The van der Waals surface area contributed by atoms with E-state index in [2.05, 4.69) is 124 Å². The number of hydrogen-bond acceptors (Lipinski definition) is 2. The number of thiophene rings is 1. The highest BCUT2D eigenvalue weighted by atomic mass is 32.1. The summed E-state index contributed by atoms with van der Waals surface area (Å²) in [6.07, 6.45) is 0. The van der Waals surface area contributed by atoms with Crippen LogP contribution in [-0.2, 0) is 0 Å². The molecule has 0 unspecified atom stereocenters. The predicted octanol–water partition coefficient (Wildman–Crippen LogP) is 7.79. The van der Waals surface area contributed by atoms with Crippen molar-refractivity contribution >= 4 is 61.3 Å². The third-order valence-electron chi connectivity index (χ3n) is 7.12. The molecular formula is C30H29NSSi. The van der Waals surface area contributed by atoms with Gasteiger partial charge in [0, 0.05) is 32.3 Å². The molecular weight excluding hydrogens is 434 g/mol. The van der Waals surface area contributed by atoms with Crippen molar-refractivity contribution < 1.29 is 0 Å². The molecule has 0 aliphatic carbocycles. The molecule has 0 N–H and O–H groups in total. The molecule has 1 aliphatic heterocycles. The van der Waals surface area contributed by atoms with Gasteiger partial charge in [0.15, 0.2) is 0 Å². The Morgan fingerprint density at radius 1 is 0.667 bits per heavy atom. The van der Waals surface area contributed by atoms with Crippen molar-refractivity contribution in [2.24, 2.45) is 0 Å². The van der Waals surface area contributed by atoms with Crippen LogP contribution in [0.2, 0.25) is 13.1 Å². The van der Waals surface area contributed by atoms with Crippen molar-refractivity contribution in [1.82, 2.24) is 0 Å². The molecule has 0 saturated carbocycles. The normalized spacial score (nSPS) is 14.5. The molecule has 1 aliphatic rings. The number of anilines is 2. The van der Waals surface area contributed by atoms with Crippen molar-refractivity contribution in [2.75, 3.05) is 4.90 Å². The summed E-state index contributed by atoms with van der Waals surface area (Å²) in [4.78, 5) is 2.59. The highest BCUT2D eigenvalue weighted by Gasteiger charge is 2.40. The molecule has 0 radical (unpaired) electrons. The number of fused-ring (bicyclic) bond motifs is 6. The fraction of sp³-hybridized carbons (Fsp3) is 0.200. The van der Waals surface area contributed by atoms with Crippen molar-refractivity contribution in [2.45, 2.75) is 39.4 Å². The topological polar surface area (TPSA) is 3.24 Å². The van der Waals surface area contributed by atoms with Crippen LogP contribution in [0, 0.1) is 0 Å². The lowest BCUT2D eigenvalue weighted by Gasteiger charge is -2.39. The lowest BCUT2D eigenvalue weighted by atomic mass is 9.97. The minimum absolute atomic E-state index is 0.0805. The van der Waals surface area contributed by atoms with Crippen LogP contribution >= 0.6 is 11.3 Å². The summed E-state index contributed by atoms with van der Waals surface area (Å²) in [5.74, 6) is 0. The van der Waals surface area contributed by atoms with E-state index in [0.717, 1.165) is 0 Å². The van der Waals surface area contributed by atoms with Crippen molar-refractivity contribution in [3.63, 3.8) is 0 Å². The fourth-order valence-electron chi connectivity index (χ4n) is 5.68. The van der Waals surface area contributed by atoms with E-state index in [-0.39, 0.29) is 5.54 Å². The minimum atomic E-state index is -1.72. The molecule has 0 bridgehead atoms. The van der Waals surface area contributed by atoms with Gasteiger partial charge in [-0.05, 0) is 54.9 Å². The Bertz CT molecular complexity index is 1540. The molecule has 1 nitrogen and oxygen atoms in total. The third kappa shape index (κ3) is 2.96. The molecule has 0 spiro atoms. The Hall–Kier alpha value is -2.88. The largest absolute Gasteiger partial charge is 0.334 e. The number of rotatable bonds is 2. The molecule has 4 aromatic carbocycles. The first-order chi connectivity index (χ1) is 15.8. The number of hydrogen-bond donors (Lipinski definition) is 0. The standard InChI is InChI=1S/C30H29NSSi/c1-30(2,3)31(24-16-10-14-21-20-12-6-8-17-25(20)32-29(21)24)23-15-11-19-27-28(23)22-13-7-9-18-26(22)33(27,4)5/h6-19H,1-5H3. The molecule has 0 fully saturated rings. The van der Waals surface area contributed by atoms with Crippen LogP contribution in [0.3, 0.4) is 0 Å². The lowest BCUT2D eigenvalue weighted by Crippen LogP contribution is -2.49. The number of nitrogens with zero attached hydrogens (tertiary/aromatic N) is 1. The molecule has 0 amide bonds. The Morgan fingerprint density at radius 2 is 1.30 bits per heavy atom. The monoisotopic (exact) mass is 463 g/mol. The van der Waals surface area contributed by atoms with Gasteiger partial charge in [-0.15, -0.1) is 11.3 Å². The summed E-state index contributed by atoms with van der Waals surface area (Å²) in [6.45, 7) is 12.0. The van der Waals surface area contributed by atoms with E-state index in [1.54, 1.807) is 10.4 Å². The smallest absolute Gasteiger partial charge is 0.113 e. The average Bonchev–Trinajstić information content (AvgIpc) is 3.28. The van der Waals surface area contributed by atoms with Crippen LogP contribution in [0.15, 0.2) is 84.9 Å². The highest BCUT2D eigenvalue weighted by Crippen LogP contribution is 2.47. The SMILES string of the molecule is CC(C)(C)N(c1cccc2c1-c1ccccc1[Si]2(C)C)c1cccc2c1sc1ccccc12. The third-order valence-corrected chi connectivity index (χ3v) is 11.9. The lowest BCUT2D eigenvalue weighted by molar-refractivity contribution is 0.562. The molecule has 33 heavy (non-hydrogen) atoms. The molecule has 6 rings (SSSR count). The van der Waals surface area contributed by atoms with E-state index in [1.807, 2.05) is 11.3 Å². The van der Waals surface area contributed by atoms with Crippen LogP contribution in [-0.4, -0.2) is 13.6 Å². The van der Waals surface area contributed by atoms with Gasteiger partial charge < -0.3 is 4.90 Å². The first-order valence-corrected chi connectivity index (χ1v) is 15.5. The first-order valence-electron chi connectivity index (χ1n) is 11.7. The van der Waals surface area contributed by atoms with E-state index >= 15 is 0 Å². The quantitative estimate of drug-likeness (QED) is 0.241. The van der Waals surface area contributed by atoms with E-state index in [4.69, 9.17) is 0 Å². The summed E-state index contributed by atoms with van der Waals surface area (Å²) in [5, 5.41) is 5.82. The maximum absolute atomic E-state index is 2.59. The van der Waals surface area contributed by atoms with E-state index in [9.17, 15) is 0 Å².